The molecule has 0 saturated heterocycles. The highest BCUT2D eigenvalue weighted by Gasteiger charge is 2.09. The van der Waals surface area contributed by atoms with Gasteiger partial charge in [-0.2, -0.15) is 5.26 Å². The minimum absolute atomic E-state index is 0.117. The summed E-state index contributed by atoms with van der Waals surface area (Å²) >= 11 is 0. The highest BCUT2D eigenvalue weighted by molar-refractivity contribution is 5.28. The Morgan fingerprint density at radius 2 is 2.45 bits per heavy atom. The average Bonchev–Trinajstić information content (AvgIpc) is 2.09. The summed E-state index contributed by atoms with van der Waals surface area (Å²) in [6.45, 7) is 2.05. The van der Waals surface area contributed by atoms with Gasteiger partial charge in [-0.3, -0.25) is 0 Å². The number of hydrogen-bond acceptors (Lipinski definition) is 1. The maximum atomic E-state index is 8.75. The van der Waals surface area contributed by atoms with E-state index in [0.29, 0.717) is 0 Å². The van der Waals surface area contributed by atoms with Crippen LogP contribution in [0.25, 0.3) is 0 Å². The Kier molecular flexibility index (Phi) is 2.92. The van der Waals surface area contributed by atoms with Gasteiger partial charge in [-0.05, 0) is 24.8 Å². The molecule has 1 nitrogen and oxygen atoms in total. The number of hydrogen-bond donors (Lipinski definition) is 0. The monoisotopic (exact) mass is 147 g/mol. The molecule has 1 aliphatic carbocycles. The van der Waals surface area contributed by atoms with Crippen molar-refractivity contribution >= 4 is 0 Å². The van der Waals surface area contributed by atoms with Crippen LogP contribution in [0.2, 0.25) is 0 Å². The molecule has 1 atom stereocenters. The first kappa shape index (κ1) is 8.07. The maximum Gasteiger partial charge on any atom is 0.0706 e. The van der Waals surface area contributed by atoms with E-state index in [9.17, 15) is 0 Å². The van der Waals surface area contributed by atoms with Crippen LogP contribution in [0.15, 0.2) is 23.8 Å². The zero-order valence-electron chi connectivity index (χ0n) is 6.88. The molecule has 0 aromatic heterocycles. The summed E-state index contributed by atoms with van der Waals surface area (Å²) in [4.78, 5) is 0. The quantitative estimate of drug-likeness (QED) is 0.589. The molecule has 58 valence electrons. The highest BCUT2D eigenvalue weighted by Crippen LogP contribution is 2.20. The zero-order chi connectivity index (χ0) is 8.10. The first-order chi connectivity index (χ1) is 5.38. The Morgan fingerprint density at radius 3 is 2.91 bits per heavy atom. The van der Waals surface area contributed by atoms with Crippen molar-refractivity contribution in [3.63, 3.8) is 0 Å². The summed E-state index contributed by atoms with van der Waals surface area (Å²) in [6.07, 6.45) is 9.57. The minimum Gasteiger partial charge on any atom is -0.198 e. The number of nitrogens with zero attached hydrogens (tertiary/aromatic N) is 1. The van der Waals surface area contributed by atoms with E-state index in [1.165, 1.54) is 5.57 Å². The van der Waals surface area contributed by atoms with Crippen LogP contribution in [0.4, 0.5) is 0 Å². The summed E-state index contributed by atoms with van der Waals surface area (Å²) in [5.74, 6) is 0.117. The molecule has 1 aliphatic rings. The van der Waals surface area contributed by atoms with Crippen molar-refractivity contribution in [3.8, 4) is 6.07 Å². The molecule has 0 heterocycles. The standard InChI is InChI=1S/C10H13N/c1-2-9(8-11)10-6-4-3-5-7-10/h4,6-7,9H,2-3,5H2,1H3. The van der Waals surface area contributed by atoms with Crippen LogP contribution in [0.3, 0.4) is 0 Å². The van der Waals surface area contributed by atoms with Gasteiger partial charge in [0.25, 0.3) is 0 Å². The summed E-state index contributed by atoms with van der Waals surface area (Å²) in [6, 6.07) is 2.30. The van der Waals surface area contributed by atoms with Gasteiger partial charge in [0.2, 0.25) is 0 Å². The SMILES string of the molecule is CCC(C#N)C1=CCCC=C1. The molecule has 0 saturated carbocycles. The molecule has 0 aromatic carbocycles. The van der Waals surface area contributed by atoms with Crippen molar-refractivity contribution in [2.45, 2.75) is 26.2 Å². The fraction of sp³-hybridized carbons (Fsp3) is 0.500. The van der Waals surface area contributed by atoms with Gasteiger partial charge in [0, 0.05) is 0 Å². The molecular weight excluding hydrogens is 134 g/mol. The predicted octanol–water partition coefficient (Wildman–Crippen LogP) is 2.81. The Morgan fingerprint density at radius 1 is 1.64 bits per heavy atom. The van der Waals surface area contributed by atoms with Gasteiger partial charge >= 0.3 is 0 Å². The average molecular weight is 147 g/mol. The van der Waals surface area contributed by atoms with Crippen LogP contribution in [0.1, 0.15) is 26.2 Å². The van der Waals surface area contributed by atoms with Gasteiger partial charge in [0.15, 0.2) is 0 Å². The van der Waals surface area contributed by atoms with Crippen molar-refractivity contribution in [1.82, 2.24) is 0 Å². The predicted molar refractivity (Wildman–Crippen MR) is 45.9 cm³/mol. The van der Waals surface area contributed by atoms with Crippen molar-refractivity contribution in [2.75, 3.05) is 0 Å². The molecule has 0 aliphatic heterocycles. The summed E-state index contributed by atoms with van der Waals surface area (Å²) in [5.41, 5.74) is 1.21. The number of nitriles is 1. The maximum absolute atomic E-state index is 8.75. The molecule has 0 N–H and O–H groups in total. The minimum atomic E-state index is 0.117. The van der Waals surface area contributed by atoms with Gasteiger partial charge in [-0.1, -0.05) is 25.2 Å². The highest BCUT2D eigenvalue weighted by atomic mass is 14.3. The third kappa shape index (κ3) is 1.94. The molecule has 0 spiro atoms. The number of allylic oxidation sites excluding steroid dienone is 4. The zero-order valence-corrected chi connectivity index (χ0v) is 6.88. The van der Waals surface area contributed by atoms with E-state index >= 15 is 0 Å². The van der Waals surface area contributed by atoms with Gasteiger partial charge in [0.1, 0.15) is 0 Å². The van der Waals surface area contributed by atoms with Gasteiger partial charge < -0.3 is 0 Å². The molecule has 1 rings (SSSR count). The molecule has 1 heteroatoms. The lowest BCUT2D eigenvalue weighted by molar-refractivity contribution is 0.745. The Bertz CT molecular complexity index is 218. The van der Waals surface area contributed by atoms with Crippen LogP contribution in [-0.2, 0) is 0 Å². The van der Waals surface area contributed by atoms with Crippen molar-refractivity contribution in [3.05, 3.63) is 23.8 Å². The molecule has 0 amide bonds. The third-order valence-corrected chi connectivity index (χ3v) is 1.99. The van der Waals surface area contributed by atoms with E-state index in [4.69, 9.17) is 5.26 Å². The molecule has 0 bridgehead atoms. The normalized spacial score (nSPS) is 18.7. The summed E-state index contributed by atoms with van der Waals surface area (Å²) in [7, 11) is 0. The molecule has 0 radical (unpaired) electrons. The van der Waals surface area contributed by atoms with Crippen LogP contribution in [0, 0.1) is 17.2 Å². The van der Waals surface area contributed by atoms with Crippen LogP contribution < -0.4 is 0 Å². The molecule has 11 heavy (non-hydrogen) atoms. The Balaban J connectivity index is 2.66. The second-order valence-electron chi connectivity index (χ2n) is 2.77. The first-order valence-electron chi connectivity index (χ1n) is 4.14. The van der Waals surface area contributed by atoms with E-state index in [-0.39, 0.29) is 5.92 Å². The lowest BCUT2D eigenvalue weighted by atomic mass is 9.93. The number of rotatable bonds is 2. The molecule has 1 unspecified atom stereocenters. The third-order valence-electron chi connectivity index (χ3n) is 1.99. The topological polar surface area (TPSA) is 23.8 Å². The molecular formula is C10H13N. The summed E-state index contributed by atoms with van der Waals surface area (Å²) in [5, 5.41) is 8.75. The van der Waals surface area contributed by atoms with Crippen LogP contribution >= 0.6 is 0 Å². The summed E-state index contributed by atoms with van der Waals surface area (Å²) < 4.78 is 0. The lowest BCUT2D eigenvalue weighted by Gasteiger charge is -2.10. The fourth-order valence-corrected chi connectivity index (χ4v) is 1.29. The van der Waals surface area contributed by atoms with Crippen LogP contribution in [0.5, 0.6) is 0 Å². The van der Waals surface area contributed by atoms with Crippen molar-refractivity contribution in [1.29, 1.82) is 5.26 Å². The lowest BCUT2D eigenvalue weighted by Crippen LogP contribution is -1.99. The van der Waals surface area contributed by atoms with E-state index < -0.39 is 0 Å². The Labute approximate surface area is 68.0 Å². The van der Waals surface area contributed by atoms with Gasteiger partial charge in [-0.25, -0.2) is 0 Å². The van der Waals surface area contributed by atoms with E-state index in [2.05, 4.69) is 31.2 Å². The largest absolute Gasteiger partial charge is 0.198 e. The van der Waals surface area contributed by atoms with Crippen molar-refractivity contribution < 1.29 is 0 Å². The second kappa shape index (κ2) is 3.98. The molecule has 0 fully saturated rings. The van der Waals surface area contributed by atoms with E-state index in [1.54, 1.807) is 0 Å². The smallest absolute Gasteiger partial charge is 0.0706 e. The van der Waals surface area contributed by atoms with Gasteiger partial charge in [0.05, 0.1) is 12.0 Å². The van der Waals surface area contributed by atoms with Crippen molar-refractivity contribution in [2.24, 2.45) is 5.92 Å². The van der Waals surface area contributed by atoms with Gasteiger partial charge in [-0.15, -0.1) is 0 Å². The Hall–Kier alpha value is -1.03. The first-order valence-corrected chi connectivity index (χ1v) is 4.14. The molecule has 0 aromatic rings. The van der Waals surface area contributed by atoms with Crippen LogP contribution in [-0.4, -0.2) is 0 Å². The van der Waals surface area contributed by atoms with E-state index in [0.717, 1.165) is 19.3 Å². The fourth-order valence-electron chi connectivity index (χ4n) is 1.29. The second-order valence-corrected chi connectivity index (χ2v) is 2.77. The van der Waals surface area contributed by atoms with E-state index in [1.807, 2.05) is 0 Å².